The van der Waals surface area contributed by atoms with Gasteiger partial charge in [0.05, 0.1) is 17.6 Å². The number of hydrogen-bond donors (Lipinski definition) is 2. The summed E-state index contributed by atoms with van der Waals surface area (Å²) in [7, 11) is 0. The first-order chi connectivity index (χ1) is 19.1. The van der Waals surface area contributed by atoms with E-state index in [0.29, 0.717) is 33.7 Å². The standard InChI is InChI=1S/C29H20F3N5O3/c1-17-7-9-19(15-23(17)35-28(40)20-5-2-4-18(14-20)8-12-26(38)39)24-16-37-25(34-24)11-10-22(36-37)21-6-3-13-33-27(21)29(30,31)32/h2-16H,1H3,(H,35,40)(H,38,39)/b12-8+. The highest BCUT2D eigenvalue weighted by Crippen LogP contribution is 2.35. The van der Waals surface area contributed by atoms with Crippen LogP contribution in [-0.4, -0.2) is 36.6 Å². The molecule has 0 saturated carbocycles. The fourth-order valence-electron chi connectivity index (χ4n) is 4.06. The Hall–Kier alpha value is -5.32. The number of amides is 1. The topological polar surface area (TPSA) is 109 Å². The first kappa shape index (κ1) is 26.3. The average Bonchev–Trinajstić information content (AvgIpc) is 3.36. The Morgan fingerprint density at radius 1 is 1.00 bits per heavy atom. The van der Waals surface area contributed by atoms with Gasteiger partial charge in [0, 0.05) is 34.7 Å². The van der Waals surface area contributed by atoms with E-state index in [0.717, 1.165) is 17.8 Å². The highest BCUT2D eigenvalue weighted by molar-refractivity contribution is 6.05. The molecule has 0 atom stereocenters. The second-order valence-electron chi connectivity index (χ2n) is 8.83. The summed E-state index contributed by atoms with van der Waals surface area (Å²) in [6.07, 6.45) is 0.431. The summed E-state index contributed by atoms with van der Waals surface area (Å²) in [6.45, 7) is 1.83. The third-order valence-corrected chi connectivity index (χ3v) is 6.02. The summed E-state index contributed by atoms with van der Waals surface area (Å²) in [6, 6.07) is 17.7. The van der Waals surface area contributed by atoms with Crippen LogP contribution in [0, 0.1) is 6.92 Å². The first-order valence-corrected chi connectivity index (χ1v) is 11.9. The summed E-state index contributed by atoms with van der Waals surface area (Å²) in [4.78, 5) is 31.8. The lowest BCUT2D eigenvalue weighted by molar-refractivity contribution is -0.140. The summed E-state index contributed by atoms with van der Waals surface area (Å²) in [5, 5.41) is 16.0. The number of aryl methyl sites for hydroxylation is 1. The number of hydrogen-bond acceptors (Lipinski definition) is 5. The van der Waals surface area contributed by atoms with Gasteiger partial charge in [-0.2, -0.15) is 18.3 Å². The number of benzene rings is 2. The molecule has 200 valence electrons. The van der Waals surface area contributed by atoms with Crippen LogP contribution in [0.3, 0.4) is 0 Å². The molecule has 3 heterocycles. The highest BCUT2D eigenvalue weighted by Gasteiger charge is 2.35. The fraction of sp³-hybridized carbons (Fsp3) is 0.0690. The molecule has 0 spiro atoms. The van der Waals surface area contributed by atoms with E-state index in [1.165, 1.54) is 28.8 Å². The van der Waals surface area contributed by atoms with Crippen molar-refractivity contribution in [2.45, 2.75) is 13.1 Å². The molecule has 0 radical (unpaired) electrons. The molecule has 8 nitrogen and oxygen atoms in total. The summed E-state index contributed by atoms with van der Waals surface area (Å²) < 4.78 is 41.8. The lowest BCUT2D eigenvalue weighted by Gasteiger charge is -2.10. The number of carboxylic acid groups (broad SMARTS) is 1. The Balaban J connectivity index is 1.43. The van der Waals surface area contributed by atoms with E-state index in [1.807, 2.05) is 19.1 Å². The van der Waals surface area contributed by atoms with Crippen molar-refractivity contribution in [1.82, 2.24) is 19.6 Å². The number of anilines is 1. The van der Waals surface area contributed by atoms with Gasteiger partial charge < -0.3 is 10.4 Å². The molecule has 5 rings (SSSR count). The van der Waals surface area contributed by atoms with Crippen molar-refractivity contribution in [3.63, 3.8) is 0 Å². The number of rotatable bonds is 6. The molecule has 0 fully saturated rings. The zero-order valence-electron chi connectivity index (χ0n) is 20.8. The Labute approximate surface area is 225 Å². The van der Waals surface area contributed by atoms with Crippen LogP contribution in [0.1, 0.15) is 27.2 Å². The van der Waals surface area contributed by atoms with Gasteiger partial charge >= 0.3 is 12.1 Å². The zero-order valence-corrected chi connectivity index (χ0v) is 20.8. The van der Waals surface area contributed by atoms with E-state index < -0.39 is 17.8 Å². The summed E-state index contributed by atoms with van der Waals surface area (Å²) in [5.74, 6) is -1.48. The molecular weight excluding hydrogens is 523 g/mol. The molecule has 0 aliphatic heterocycles. The number of carbonyl (C=O) groups is 2. The van der Waals surface area contributed by atoms with Crippen molar-refractivity contribution in [1.29, 1.82) is 0 Å². The molecule has 0 bridgehead atoms. The van der Waals surface area contributed by atoms with Crippen molar-refractivity contribution in [2.24, 2.45) is 0 Å². The predicted octanol–water partition coefficient (Wildman–Crippen LogP) is 6.14. The van der Waals surface area contributed by atoms with E-state index >= 15 is 0 Å². The number of halogens is 3. The fourth-order valence-corrected chi connectivity index (χ4v) is 4.06. The summed E-state index contributed by atoms with van der Waals surface area (Å²) in [5.41, 5.74) is 2.74. The van der Waals surface area contributed by atoms with Gasteiger partial charge in [-0.1, -0.05) is 24.3 Å². The Morgan fingerprint density at radius 3 is 2.60 bits per heavy atom. The third-order valence-electron chi connectivity index (χ3n) is 6.02. The monoisotopic (exact) mass is 543 g/mol. The van der Waals surface area contributed by atoms with Crippen molar-refractivity contribution in [2.75, 3.05) is 5.32 Å². The van der Waals surface area contributed by atoms with Gasteiger partial charge in [0.1, 0.15) is 0 Å². The van der Waals surface area contributed by atoms with Crippen LogP contribution in [0.15, 0.2) is 85.2 Å². The smallest absolute Gasteiger partial charge is 0.434 e. The zero-order chi connectivity index (χ0) is 28.4. The van der Waals surface area contributed by atoms with Gasteiger partial charge in [-0.25, -0.2) is 14.3 Å². The van der Waals surface area contributed by atoms with Crippen LogP contribution in [0.4, 0.5) is 18.9 Å². The van der Waals surface area contributed by atoms with Crippen LogP contribution in [0.5, 0.6) is 0 Å². The molecule has 40 heavy (non-hydrogen) atoms. The number of aromatic nitrogens is 4. The quantitative estimate of drug-likeness (QED) is 0.249. The molecule has 2 N–H and O–H groups in total. The number of carbonyl (C=O) groups excluding carboxylic acids is 1. The second kappa shape index (κ2) is 10.4. The van der Waals surface area contributed by atoms with Gasteiger partial charge in [-0.05, 0) is 66.6 Å². The molecule has 2 aromatic carbocycles. The van der Waals surface area contributed by atoms with Gasteiger partial charge in [-0.3, -0.25) is 9.78 Å². The maximum absolute atomic E-state index is 13.5. The summed E-state index contributed by atoms with van der Waals surface area (Å²) >= 11 is 0. The van der Waals surface area contributed by atoms with Gasteiger partial charge in [0.2, 0.25) is 0 Å². The number of imidazole rings is 1. The predicted molar refractivity (Wildman–Crippen MR) is 142 cm³/mol. The van der Waals surface area contributed by atoms with Gasteiger partial charge in [0.15, 0.2) is 11.3 Å². The lowest BCUT2D eigenvalue weighted by Crippen LogP contribution is -2.13. The minimum atomic E-state index is -4.63. The van der Waals surface area contributed by atoms with Gasteiger partial charge in [-0.15, -0.1) is 0 Å². The van der Waals surface area contributed by atoms with Crippen molar-refractivity contribution >= 4 is 29.3 Å². The Morgan fingerprint density at radius 2 is 1.82 bits per heavy atom. The number of pyridine rings is 1. The van der Waals surface area contributed by atoms with Crippen LogP contribution in [0.2, 0.25) is 0 Å². The SMILES string of the molecule is Cc1ccc(-c2cn3nc(-c4cccnc4C(F)(F)F)ccc3n2)cc1NC(=O)c1cccc(/C=C/C(=O)O)c1. The van der Waals surface area contributed by atoms with Crippen LogP contribution >= 0.6 is 0 Å². The average molecular weight is 544 g/mol. The number of nitrogens with zero attached hydrogens (tertiary/aromatic N) is 4. The van der Waals surface area contributed by atoms with Gasteiger partial charge in [0.25, 0.3) is 5.91 Å². The largest absolute Gasteiger partial charge is 0.478 e. The maximum atomic E-state index is 13.5. The molecule has 0 aliphatic rings. The third kappa shape index (κ3) is 5.58. The number of fused-ring (bicyclic) bond motifs is 1. The second-order valence-corrected chi connectivity index (χ2v) is 8.83. The Bertz CT molecular complexity index is 1790. The molecule has 1 amide bonds. The molecule has 0 aliphatic carbocycles. The number of aliphatic carboxylic acids is 1. The van der Waals surface area contributed by atoms with E-state index in [9.17, 15) is 22.8 Å². The molecule has 5 aromatic rings. The van der Waals surface area contributed by atoms with Crippen LogP contribution in [-0.2, 0) is 11.0 Å². The number of alkyl halides is 3. The minimum Gasteiger partial charge on any atom is -0.478 e. The van der Waals surface area contributed by atoms with Crippen LogP contribution < -0.4 is 5.32 Å². The van der Waals surface area contributed by atoms with Crippen molar-refractivity contribution in [3.05, 3.63) is 108 Å². The molecular formula is C29H20F3N5O3. The maximum Gasteiger partial charge on any atom is 0.434 e. The molecule has 0 saturated heterocycles. The highest BCUT2D eigenvalue weighted by atomic mass is 19.4. The molecule has 11 heteroatoms. The van der Waals surface area contributed by atoms with Crippen molar-refractivity contribution < 1.29 is 27.9 Å². The molecule has 0 unspecified atom stereocenters. The lowest BCUT2D eigenvalue weighted by atomic mass is 10.1. The van der Waals surface area contributed by atoms with Crippen LogP contribution in [0.25, 0.3) is 34.2 Å². The minimum absolute atomic E-state index is 0.0918. The molecule has 3 aromatic heterocycles. The van der Waals surface area contributed by atoms with E-state index in [4.69, 9.17) is 5.11 Å². The van der Waals surface area contributed by atoms with E-state index in [-0.39, 0.29) is 17.2 Å². The Kier molecular flexibility index (Phi) is 6.87. The van der Waals surface area contributed by atoms with E-state index in [1.54, 1.807) is 42.6 Å². The van der Waals surface area contributed by atoms with E-state index in [2.05, 4.69) is 20.4 Å². The first-order valence-electron chi connectivity index (χ1n) is 11.9. The number of nitrogens with one attached hydrogen (secondary N) is 1. The number of carboxylic acids is 1. The normalized spacial score (nSPS) is 11.7. The van der Waals surface area contributed by atoms with Crippen molar-refractivity contribution in [3.8, 4) is 22.5 Å².